The zero-order valence-electron chi connectivity index (χ0n) is 12.9. The number of hydrogen-bond acceptors (Lipinski definition) is 3. The minimum atomic E-state index is -0.295. The molecule has 2 rings (SSSR count). The van der Waals surface area contributed by atoms with E-state index in [2.05, 4.69) is 5.32 Å². The molecule has 23 heavy (non-hydrogen) atoms. The molecule has 0 bridgehead atoms. The predicted molar refractivity (Wildman–Crippen MR) is 90.0 cm³/mol. The third-order valence-corrected chi connectivity index (χ3v) is 3.22. The van der Waals surface area contributed by atoms with E-state index in [9.17, 15) is 9.59 Å². The molecule has 0 spiro atoms. The molecule has 5 nitrogen and oxygen atoms in total. The van der Waals surface area contributed by atoms with E-state index in [1.54, 1.807) is 62.6 Å². The lowest BCUT2D eigenvalue weighted by molar-refractivity contribution is -0.118. The molecule has 2 aromatic carbocycles. The summed E-state index contributed by atoms with van der Waals surface area (Å²) >= 11 is 5.84. The van der Waals surface area contributed by atoms with Gasteiger partial charge >= 0.3 is 0 Å². The van der Waals surface area contributed by atoms with Crippen LogP contribution in [0.5, 0.6) is 5.75 Å². The maximum Gasteiger partial charge on any atom is 0.262 e. The molecular formula is C17H17ClN2O3. The average Bonchev–Trinajstić information content (AvgIpc) is 2.53. The summed E-state index contributed by atoms with van der Waals surface area (Å²) in [5.41, 5.74) is 1.16. The Morgan fingerprint density at radius 3 is 2.43 bits per heavy atom. The number of anilines is 1. The van der Waals surface area contributed by atoms with Crippen molar-refractivity contribution < 1.29 is 14.3 Å². The van der Waals surface area contributed by atoms with Crippen molar-refractivity contribution in [2.75, 3.05) is 26.0 Å². The van der Waals surface area contributed by atoms with Crippen LogP contribution in [0.1, 0.15) is 10.4 Å². The molecule has 0 radical (unpaired) electrons. The molecule has 120 valence electrons. The molecule has 0 aliphatic carbocycles. The highest BCUT2D eigenvalue weighted by Crippen LogP contribution is 2.17. The van der Waals surface area contributed by atoms with E-state index in [0.29, 0.717) is 22.0 Å². The normalized spacial score (nSPS) is 10.0. The summed E-state index contributed by atoms with van der Waals surface area (Å²) in [5.74, 6) is 0.142. The monoisotopic (exact) mass is 332 g/mol. The Morgan fingerprint density at radius 2 is 1.83 bits per heavy atom. The number of hydrogen-bond donors (Lipinski definition) is 1. The molecular weight excluding hydrogens is 316 g/mol. The van der Waals surface area contributed by atoms with Crippen LogP contribution in [0.25, 0.3) is 0 Å². The Hall–Kier alpha value is -2.53. The van der Waals surface area contributed by atoms with Crippen molar-refractivity contribution in [2.24, 2.45) is 0 Å². The van der Waals surface area contributed by atoms with E-state index in [4.69, 9.17) is 16.3 Å². The van der Waals surface area contributed by atoms with Gasteiger partial charge in [-0.3, -0.25) is 9.59 Å². The van der Waals surface area contributed by atoms with E-state index in [0.717, 1.165) is 0 Å². The standard InChI is InChI=1S/C17H17ClN2O3/c1-20(2)17(22)12-6-8-14(9-7-12)19-16(21)11-23-15-5-3-4-13(18)10-15/h3-10H,11H2,1-2H3,(H,19,21). The zero-order valence-corrected chi connectivity index (χ0v) is 13.6. The highest BCUT2D eigenvalue weighted by molar-refractivity contribution is 6.30. The predicted octanol–water partition coefficient (Wildman–Crippen LogP) is 3.06. The molecule has 0 unspecified atom stereocenters. The second kappa shape index (κ2) is 7.65. The van der Waals surface area contributed by atoms with Crippen LogP contribution in [0.4, 0.5) is 5.69 Å². The molecule has 0 aliphatic heterocycles. The summed E-state index contributed by atoms with van der Waals surface area (Å²) in [4.78, 5) is 25.1. The van der Waals surface area contributed by atoms with Gasteiger partial charge in [0.2, 0.25) is 0 Å². The van der Waals surface area contributed by atoms with Gasteiger partial charge < -0.3 is 15.0 Å². The Bertz CT molecular complexity index is 699. The lowest BCUT2D eigenvalue weighted by Gasteiger charge is -2.11. The van der Waals surface area contributed by atoms with Gasteiger partial charge in [-0.05, 0) is 42.5 Å². The van der Waals surface area contributed by atoms with Crippen LogP contribution in [-0.4, -0.2) is 37.4 Å². The maximum atomic E-state index is 11.9. The fourth-order valence-corrected chi connectivity index (χ4v) is 2.04. The zero-order chi connectivity index (χ0) is 16.8. The summed E-state index contributed by atoms with van der Waals surface area (Å²) in [6, 6.07) is 13.5. The Kier molecular flexibility index (Phi) is 5.60. The van der Waals surface area contributed by atoms with Gasteiger partial charge in [-0.1, -0.05) is 17.7 Å². The number of ether oxygens (including phenoxy) is 1. The number of carbonyl (C=O) groups is 2. The van der Waals surface area contributed by atoms with Crippen LogP contribution in [0.3, 0.4) is 0 Å². The number of nitrogens with zero attached hydrogens (tertiary/aromatic N) is 1. The third-order valence-electron chi connectivity index (χ3n) is 2.99. The third kappa shape index (κ3) is 5.00. The van der Waals surface area contributed by atoms with Crippen molar-refractivity contribution in [1.29, 1.82) is 0 Å². The van der Waals surface area contributed by atoms with E-state index in [1.165, 1.54) is 4.90 Å². The van der Waals surface area contributed by atoms with Crippen molar-refractivity contribution in [3.8, 4) is 5.75 Å². The fourth-order valence-electron chi connectivity index (χ4n) is 1.86. The molecule has 0 aliphatic rings. The molecule has 0 heterocycles. The van der Waals surface area contributed by atoms with Crippen LogP contribution in [0, 0.1) is 0 Å². The number of benzene rings is 2. The van der Waals surface area contributed by atoms with Crippen LogP contribution in [0.2, 0.25) is 5.02 Å². The van der Waals surface area contributed by atoms with Crippen molar-refractivity contribution in [2.45, 2.75) is 0 Å². The summed E-state index contributed by atoms with van der Waals surface area (Å²) in [5, 5.41) is 3.25. The molecule has 0 saturated heterocycles. The summed E-state index contributed by atoms with van der Waals surface area (Å²) in [6.07, 6.45) is 0. The van der Waals surface area contributed by atoms with Gasteiger partial charge in [-0.2, -0.15) is 0 Å². The second-order valence-corrected chi connectivity index (χ2v) is 5.51. The largest absolute Gasteiger partial charge is 0.484 e. The number of amides is 2. The first-order valence-electron chi connectivity index (χ1n) is 6.95. The van der Waals surface area contributed by atoms with Crippen LogP contribution in [0.15, 0.2) is 48.5 Å². The van der Waals surface area contributed by atoms with E-state index in [-0.39, 0.29) is 18.4 Å². The van der Waals surface area contributed by atoms with E-state index < -0.39 is 0 Å². The summed E-state index contributed by atoms with van der Waals surface area (Å²) in [7, 11) is 3.37. The van der Waals surface area contributed by atoms with Gasteiger partial charge in [0.05, 0.1) is 0 Å². The molecule has 0 aromatic heterocycles. The maximum absolute atomic E-state index is 11.9. The Labute approximate surface area is 139 Å². The topological polar surface area (TPSA) is 58.6 Å². The molecule has 1 N–H and O–H groups in total. The molecule has 2 aromatic rings. The highest BCUT2D eigenvalue weighted by Gasteiger charge is 2.08. The van der Waals surface area contributed by atoms with Crippen molar-refractivity contribution in [3.05, 3.63) is 59.1 Å². The first-order valence-corrected chi connectivity index (χ1v) is 7.33. The van der Waals surface area contributed by atoms with Crippen LogP contribution >= 0.6 is 11.6 Å². The van der Waals surface area contributed by atoms with Gasteiger partial charge in [0.1, 0.15) is 5.75 Å². The quantitative estimate of drug-likeness (QED) is 0.915. The Morgan fingerprint density at radius 1 is 1.13 bits per heavy atom. The molecule has 6 heteroatoms. The van der Waals surface area contributed by atoms with Gasteiger partial charge in [0.25, 0.3) is 11.8 Å². The first kappa shape index (κ1) is 16.8. The molecule has 0 atom stereocenters. The fraction of sp³-hybridized carbons (Fsp3) is 0.176. The van der Waals surface area contributed by atoms with Crippen molar-refractivity contribution >= 4 is 29.1 Å². The van der Waals surface area contributed by atoms with E-state index >= 15 is 0 Å². The molecule has 0 fully saturated rings. The van der Waals surface area contributed by atoms with Gasteiger partial charge in [0, 0.05) is 30.4 Å². The highest BCUT2D eigenvalue weighted by atomic mass is 35.5. The van der Waals surface area contributed by atoms with Gasteiger partial charge in [-0.15, -0.1) is 0 Å². The number of carbonyl (C=O) groups excluding carboxylic acids is 2. The number of rotatable bonds is 5. The first-order chi connectivity index (χ1) is 11.0. The lowest BCUT2D eigenvalue weighted by atomic mass is 10.2. The van der Waals surface area contributed by atoms with Crippen LogP contribution < -0.4 is 10.1 Å². The van der Waals surface area contributed by atoms with Crippen molar-refractivity contribution in [1.82, 2.24) is 4.90 Å². The van der Waals surface area contributed by atoms with Gasteiger partial charge in [-0.25, -0.2) is 0 Å². The summed E-state index contributed by atoms with van der Waals surface area (Å²) in [6.45, 7) is -0.126. The number of halogens is 1. The SMILES string of the molecule is CN(C)C(=O)c1ccc(NC(=O)COc2cccc(Cl)c2)cc1. The smallest absolute Gasteiger partial charge is 0.262 e. The van der Waals surface area contributed by atoms with Gasteiger partial charge in [0.15, 0.2) is 6.61 Å². The minimum absolute atomic E-state index is 0.0906. The second-order valence-electron chi connectivity index (χ2n) is 5.07. The molecule has 2 amide bonds. The average molecular weight is 333 g/mol. The number of nitrogens with one attached hydrogen (secondary N) is 1. The Balaban J connectivity index is 1.89. The lowest BCUT2D eigenvalue weighted by Crippen LogP contribution is -2.22. The minimum Gasteiger partial charge on any atom is -0.484 e. The van der Waals surface area contributed by atoms with E-state index in [1.807, 2.05) is 0 Å². The molecule has 0 saturated carbocycles. The van der Waals surface area contributed by atoms with Crippen LogP contribution in [-0.2, 0) is 4.79 Å². The summed E-state index contributed by atoms with van der Waals surface area (Å²) < 4.78 is 5.36. The van der Waals surface area contributed by atoms with Crippen molar-refractivity contribution in [3.63, 3.8) is 0 Å².